The van der Waals surface area contributed by atoms with Crippen molar-refractivity contribution in [1.82, 2.24) is 0 Å². The Morgan fingerprint density at radius 2 is 2.05 bits per heavy atom. The number of benzene rings is 2. The highest BCUT2D eigenvalue weighted by Gasteiger charge is 2.14. The standard InChI is InChI=1S/C14H12ClFN2O2/c1-20-13-5-3-9(17)7-12(13)18-14(19)10-6-8(15)2-4-11(10)16/h2-7H,17H2,1H3,(H,18,19). The Balaban J connectivity index is 2.32. The Hall–Kier alpha value is -2.27. The van der Waals surface area contributed by atoms with E-state index in [-0.39, 0.29) is 10.6 Å². The summed E-state index contributed by atoms with van der Waals surface area (Å²) in [6.45, 7) is 0. The Morgan fingerprint density at radius 1 is 1.30 bits per heavy atom. The van der Waals surface area contributed by atoms with Crippen molar-refractivity contribution in [3.63, 3.8) is 0 Å². The van der Waals surface area contributed by atoms with Gasteiger partial charge in [-0.2, -0.15) is 0 Å². The highest BCUT2D eigenvalue weighted by molar-refractivity contribution is 6.31. The number of amides is 1. The van der Waals surface area contributed by atoms with E-state index in [1.54, 1.807) is 12.1 Å². The van der Waals surface area contributed by atoms with E-state index in [2.05, 4.69) is 5.32 Å². The van der Waals surface area contributed by atoms with Gasteiger partial charge >= 0.3 is 0 Å². The van der Waals surface area contributed by atoms with Gasteiger partial charge < -0.3 is 15.8 Å². The number of halogens is 2. The Bertz CT molecular complexity index is 662. The first-order valence-electron chi connectivity index (χ1n) is 5.71. The summed E-state index contributed by atoms with van der Waals surface area (Å²) in [5.41, 5.74) is 6.31. The molecular weight excluding hydrogens is 283 g/mol. The van der Waals surface area contributed by atoms with E-state index < -0.39 is 11.7 Å². The largest absolute Gasteiger partial charge is 0.495 e. The third-order valence-electron chi connectivity index (χ3n) is 2.64. The lowest BCUT2D eigenvalue weighted by molar-refractivity contribution is 0.102. The van der Waals surface area contributed by atoms with Crippen LogP contribution in [0.15, 0.2) is 36.4 Å². The average molecular weight is 295 g/mol. The first-order valence-corrected chi connectivity index (χ1v) is 6.09. The molecule has 6 heteroatoms. The maximum Gasteiger partial charge on any atom is 0.258 e. The molecule has 0 heterocycles. The first-order chi connectivity index (χ1) is 9.51. The van der Waals surface area contributed by atoms with Crippen molar-refractivity contribution in [3.8, 4) is 5.75 Å². The molecule has 2 aromatic rings. The van der Waals surface area contributed by atoms with Crippen molar-refractivity contribution in [2.24, 2.45) is 0 Å². The molecule has 2 rings (SSSR count). The van der Waals surface area contributed by atoms with Gasteiger partial charge in [0.05, 0.1) is 18.4 Å². The minimum absolute atomic E-state index is 0.151. The molecule has 0 aliphatic carbocycles. The van der Waals surface area contributed by atoms with E-state index in [0.717, 1.165) is 6.07 Å². The molecule has 104 valence electrons. The summed E-state index contributed by atoms with van der Waals surface area (Å²) in [6, 6.07) is 8.53. The molecule has 0 saturated carbocycles. The van der Waals surface area contributed by atoms with Crippen molar-refractivity contribution in [1.29, 1.82) is 0 Å². The van der Waals surface area contributed by atoms with Crippen molar-refractivity contribution in [2.45, 2.75) is 0 Å². The number of carbonyl (C=O) groups excluding carboxylic acids is 1. The van der Waals surface area contributed by atoms with Gasteiger partial charge in [0.2, 0.25) is 0 Å². The summed E-state index contributed by atoms with van der Waals surface area (Å²) in [4.78, 5) is 12.1. The summed E-state index contributed by atoms with van der Waals surface area (Å²) in [6.07, 6.45) is 0. The van der Waals surface area contributed by atoms with Gasteiger partial charge in [-0.3, -0.25) is 4.79 Å². The van der Waals surface area contributed by atoms with Crippen LogP contribution in [0.1, 0.15) is 10.4 Å². The van der Waals surface area contributed by atoms with Crippen LogP contribution in [0.25, 0.3) is 0 Å². The highest BCUT2D eigenvalue weighted by Crippen LogP contribution is 2.27. The van der Waals surface area contributed by atoms with E-state index in [0.29, 0.717) is 17.1 Å². The third-order valence-corrected chi connectivity index (χ3v) is 2.88. The number of anilines is 2. The number of nitrogens with two attached hydrogens (primary N) is 1. The second kappa shape index (κ2) is 5.79. The summed E-state index contributed by atoms with van der Waals surface area (Å²) in [7, 11) is 1.46. The third kappa shape index (κ3) is 3.00. The molecule has 20 heavy (non-hydrogen) atoms. The fourth-order valence-corrected chi connectivity index (χ4v) is 1.86. The van der Waals surface area contributed by atoms with Gasteiger partial charge in [0.25, 0.3) is 5.91 Å². The molecule has 3 N–H and O–H groups in total. The Kier molecular flexibility index (Phi) is 4.10. The van der Waals surface area contributed by atoms with Crippen molar-refractivity contribution in [2.75, 3.05) is 18.2 Å². The lowest BCUT2D eigenvalue weighted by Crippen LogP contribution is -2.14. The molecule has 4 nitrogen and oxygen atoms in total. The zero-order valence-electron chi connectivity index (χ0n) is 10.6. The Morgan fingerprint density at radius 3 is 2.75 bits per heavy atom. The molecule has 2 aromatic carbocycles. The number of hydrogen-bond acceptors (Lipinski definition) is 3. The fraction of sp³-hybridized carbons (Fsp3) is 0.0714. The van der Waals surface area contributed by atoms with Crippen LogP contribution in [-0.4, -0.2) is 13.0 Å². The molecule has 0 bridgehead atoms. The van der Waals surface area contributed by atoms with Gasteiger partial charge in [-0.25, -0.2) is 4.39 Å². The van der Waals surface area contributed by atoms with E-state index >= 15 is 0 Å². The molecule has 0 saturated heterocycles. The molecular formula is C14H12ClFN2O2. The molecule has 0 atom stereocenters. The molecule has 0 aliphatic rings. The maximum atomic E-state index is 13.6. The second-order valence-electron chi connectivity index (χ2n) is 4.04. The monoisotopic (exact) mass is 294 g/mol. The quantitative estimate of drug-likeness (QED) is 0.854. The SMILES string of the molecule is COc1ccc(N)cc1NC(=O)c1cc(Cl)ccc1F. The zero-order chi connectivity index (χ0) is 14.7. The lowest BCUT2D eigenvalue weighted by atomic mass is 10.2. The van der Waals surface area contributed by atoms with Gasteiger partial charge in [0.15, 0.2) is 0 Å². The first kappa shape index (κ1) is 14.1. The minimum Gasteiger partial charge on any atom is -0.495 e. The van der Waals surface area contributed by atoms with Gasteiger partial charge in [0.1, 0.15) is 11.6 Å². The number of methoxy groups -OCH3 is 1. The fourth-order valence-electron chi connectivity index (χ4n) is 1.68. The number of ether oxygens (including phenoxy) is 1. The van der Waals surface area contributed by atoms with E-state index in [9.17, 15) is 9.18 Å². The van der Waals surface area contributed by atoms with Gasteiger partial charge in [-0.05, 0) is 36.4 Å². The topological polar surface area (TPSA) is 64.3 Å². The second-order valence-corrected chi connectivity index (χ2v) is 4.47. The lowest BCUT2D eigenvalue weighted by Gasteiger charge is -2.11. The van der Waals surface area contributed by atoms with Crippen LogP contribution in [-0.2, 0) is 0 Å². The van der Waals surface area contributed by atoms with E-state index in [1.807, 2.05) is 0 Å². The normalized spacial score (nSPS) is 10.2. The van der Waals surface area contributed by atoms with Gasteiger partial charge in [0, 0.05) is 10.7 Å². The smallest absolute Gasteiger partial charge is 0.258 e. The highest BCUT2D eigenvalue weighted by atomic mass is 35.5. The van der Waals surface area contributed by atoms with Crippen LogP contribution in [0, 0.1) is 5.82 Å². The summed E-state index contributed by atoms with van der Waals surface area (Å²) in [5, 5.41) is 2.82. The number of carbonyl (C=O) groups is 1. The van der Waals surface area contributed by atoms with Crippen molar-refractivity contribution in [3.05, 3.63) is 52.8 Å². The van der Waals surface area contributed by atoms with E-state index in [1.165, 1.54) is 25.3 Å². The number of nitrogen functional groups attached to an aromatic ring is 1. The van der Waals surface area contributed by atoms with Gasteiger partial charge in [-0.15, -0.1) is 0 Å². The number of nitrogens with one attached hydrogen (secondary N) is 1. The van der Waals surface area contributed by atoms with Crippen LogP contribution in [0.2, 0.25) is 5.02 Å². The average Bonchev–Trinajstić information content (AvgIpc) is 2.41. The minimum atomic E-state index is -0.658. The predicted molar refractivity (Wildman–Crippen MR) is 76.8 cm³/mol. The molecule has 1 amide bonds. The van der Waals surface area contributed by atoms with E-state index in [4.69, 9.17) is 22.1 Å². The van der Waals surface area contributed by atoms with Crippen LogP contribution in [0.4, 0.5) is 15.8 Å². The zero-order valence-corrected chi connectivity index (χ0v) is 11.4. The summed E-state index contributed by atoms with van der Waals surface area (Å²) >= 11 is 5.76. The predicted octanol–water partition coefficient (Wildman–Crippen LogP) is 3.32. The number of rotatable bonds is 3. The summed E-state index contributed by atoms with van der Waals surface area (Å²) in [5.74, 6) is -0.862. The molecule has 0 radical (unpaired) electrons. The molecule has 0 aromatic heterocycles. The van der Waals surface area contributed by atoms with Crippen LogP contribution >= 0.6 is 11.6 Å². The van der Waals surface area contributed by atoms with Crippen LogP contribution in [0.5, 0.6) is 5.75 Å². The molecule has 0 unspecified atom stereocenters. The summed E-state index contributed by atoms with van der Waals surface area (Å²) < 4.78 is 18.7. The molecule has 0 fully saturated rings. The van der Waals surface area contributed by atoms with Crippen LogP contribution < -0.4 is 15.8 Å². The molecule has 0 aliphatic heterocycles. The van der Waals surface area contributed by atoms with Gasteiger partial charge in [-0.1, -0.05) is 11.6 Å². The van der Waals surface area contributed by atoms with Crippen LogP contribution in [0.3, 0.4) is 0 Å². The molecule has 0 spiro atoms. The van der Waals surface area contributed by atoms with Crippen molar-refractivity contribution >= 4 is 28.9 Å². The maximum absolute atomic E-state index is 13.6. The van der Waals surface area contributed by atoms with Crippen molar-refractivity contribution < 1.29 is 13.9 Å². The number of hydrogen-bond donors (Lipinski definition) is 2. The Labute approximate surface area is 120 Å².